The van der Waals surface area contributed by atoms with Crippen molar-refractivity contribution in [2.75, 3.05) is 39.9 Å². The molecule has 0 heterocycles. The number of nitrogens with two attached hydrogens (primary N) is 2. The fourth-order valence-corrected chi connectivity index (χ4v) is 3.70. The molecule has 0 aromatic heterocycles. The minimum absolute atomic E-state index is 0.213. The summed E-state index contributed by atoms with van der Waals surface area (Å²) in [6.07, 6.45) is 4.27. The second kappa shape index (κ2) is 13.4. The first-order valence-corrected chi connectivity index (χ1v) is 12.0. The van der Waals surface area contributed by atoms with Crippen molar-refractivity contribution in [1.29, 1.82) is 0 Å². The number of ether oxygens (including phenoxy) is 4. The van der Waals surface area contributed by atoms with E-state index in [4.69, 9.17) is 31.0 Å². The molecule has 196 valence electrons. The summed E-state index contributed by atoms with van der Waals surface area (Å²) < 4.78 is 20.2. The molecule has 0 spiro atoms. The standard InChI is InChI=1S/C12H15NO3.C9H10BrNO3.C3H7BO2/c1-15-11-6-10(13)9(12(14)16-2)5-8(11)7-3-4-7;1-13-8-4-7(11)5(3-6(8)10)9(12)14-2;5-4(6)3-1-2-3/h5-7H,3-4,13H2,1-2H3;3-4H,11H2,1-2H3;3,5-6H,1-2H2. The molecule has 0 aliphatic heterocycles. The molecule has 4 rings (SSSR count). The second-order valence-electron chi connectivity index (χ2n) is 8.26. The molecule has 36 heavy (non-hydrogen) atoms. The molecule has 2 aromatic carbocycles. The van der Waals surface area contributed by atoms with Gasteiger partial charge in [0.25, 0.3) is 0 Å². The summed E-state index contributed by atoms with van der Waals surface area (Å²) in [4.78, 5) is 22.7. The van der Waals surface area contributed by atoms with Gasteiger partial charge in [-0.3, -0.25) is 0 Å². The number of nitrogen functional groups attached to an aromatic ring is 2. The average molecular weight is 567 g/mol. The minimum atomic E-state index is -1.04. The molecule has 0 bridgehead atoms. The maximum atomic E-state index is 11.5. The van der Waals surface area contributed by atoms with Crippen LogP contribution in [-0.4, -0.2) is 57.5 Å². The van der Waals surface area contributed by atoms with E-state index in [1.807, 2.05) is 0 Å². The number of benzene rings is 2. The lowest BCUT2D eigenvalue weighted by Gasteiger charge is -2.11. The van der Waals surface area contributed by atoms with E-state index >= 15 is 0 Å². The van der Waals surface area contributed by atoms with Gasteiger partial charge in [0.05, 0.1) is 44.0 Å². The first-order valence-electron chi connectivity index (χ1n) is 11.2. The zero-order valence-electron chi connectivity index (χ0n) is 20.7. The number of carbonyl (C=O) groups excluding carboxylic acids is 2. The highest BCUT2D eigenvalue weighted by Gasteiger charge is 2.33. The van der Waals surface area contributed by atoms with Crippen LogP contribution in [0.5, 0.6) is 11.5 Å². The van der Waals surface area contributed by atoms with E-state index in [1.165, 1.54) is 21.3 Å². The zero-order chi connectivity index (χ0) is 27.0. The Kier molecular flexibility index (Phi) is 10.9. The maximum Gasteiger partial charge on any atom is 0.454 e. The highest BCUT2D eigenvalue weighted by molar-refractivity contribution is 9.10. The summed E-state index contributed by atoms with van der Waals surface area (Å²) in [5.41, 5.74) is 13.9. The van der Waals surface area contributed by atoms with Crippen LogP contribution in [0.15, 0.2) is 28.7 Å². The fourth-order valence-electron chi connectivity index (χ4n) is 3.20. The summed E-state index contributed by atoms with van der Waals surface area (Å²) in [5.74, 6) is 1.18. The van der Waals surface area contributed by atoms with Crippen molar-refractivity contribution >= 4 is 46.4 Å². The Balaban J connectivity index is 0.000000208. The first kappa shape index (κ1) is 29.3. The zero-order valence-corrected chi connectivity index (χ0v) is 22.3. The third-order valence-corrected chi connectivity index (χ3v) is 6.22. The number of hydrogen-bond acceptors (Lipinski definition) is 10. The van der Waals surface area contributed by atoms with Crippen molar-refractivity contribution in [3.8, 4) is 11.5 Å². The van der Waals surface area contributed by atoms with Gasteiger partial charge in [0.2, 0.25) is 0 Å². The molecule has 6 N–H and O–H groups in total. The third kappa shape index (κ3) is 8.04. The number of esters is 2. The summed E-state index contributed by atoms with van der Waals surface area (Å²) in [7, 11) is 4.75. The van der Waals surface area contributed by atoms with Crippen LogP contribution >= 0.6 is 15.9 Å². The van der Waals surface area contributed by atoms with Crippen molar-refractivity contribution < 1.29 is 38.6 Å². The molecule has 0 unspecified atom stereocenters. The van der Waals surface area contributed by atoms with Gasteiger partial charge in [0.15, 0.2) is 0 Å². The van der Waals surface area contributed by atoms with Crippen LogP contribution in [0.25, 0.3) is 0 Å². The van der Waals surface area contributed by atoms with E-state index in [2.05, 4.69) is 25.4 Å². The van der Waals surface area contributed by atoms with Gasteiger partial charge in [0, 0.05) is 23.5 Å². The van der Waals surface area contributed by atoms with Crippen LogP contribution in [0.1, 0.15) is 57.9 Å². The van der Waals surface area contributed by atoms with Gasteiger partial charge in [-0.25, -0.2) is 9.59 Å². The number of hydrogen-bond donors (Lipinski definition) is 4. The van der Waals surface area contributed by atoms with Crippen molar-refractivity contribution in [3.05, 3.63) is 45.4 Å². The summed E-state index contributed by atoms with van der Waals surface area (Å²) in [6.45, 7) is 0. The van der Waals surface area contributed by atoms with Gasteiger partial charge in [-0.2, -0.15) is 0 Å². The monoisotopic (exact) mass is 566 g/mol. The summed E-state index contributed by atoms with van der Waals surface area (Å²) in [6, 6.07) is 6.62. The lowest BCUT2D eigenvalue weighted by molar-refractivity contribution is 0.0592. The number of halogens is 1. The smallest absolute Gasteiger partial charge is 0.454 e. The van der Waals surface area contributed by atoms with E-state index in [1.54, 1.807) is 31.4 Å². The molecule has 2 fully saturated rings. The largest absolute Gasteiger partial charge is 0.496 e. The van der Waals surface area contributed by atoms with Gasteiger partial charge in [-0.1, -0.05) is 12.8 Å². The van der Waals surface area contributed by atoms with Crippen LogP contribution in [0.2, 0.25) is 5.82 Å². The van der Waals surface area contributed by atoms with Gasteiger partial charge in [0.1, 0.15) is 11.5 Å². The van der Waals surface area contributed by atoms with E-state index in [-0.39, 0.29) is 5.82 Å². The SMILES string of the molecule is COC(=O)c1cc(Br)c(OC)cc1N.COC(=O)c1cc(C2CC2)c(OC)cc1N.OB(O)C1CC1. The first-order chi connectivity index (χ1) is 17.1. The predicted molar refractivity (Wildman–Crippen MR) is 140 cm³/mol. The predicted octanol–water partition coefficient (Wildman–Crippen LogP) is 3.39. The molecule has 0 atom stereocenters. The Hall–Kier alpha value is -2.96. The van der Waals surface area contributed by atoms with Gasteiger partial charge in [-0.05, 0) is 58.2 Å². The second-order valence-corrected chi connectivity index (χ2v) is 9.12. The molecule has 2 saturated carbocycles. The Morgan fingerprint density at radius 2 is 1.31 bits per heavy atom. The number of carbonyl (C=O) groups is 2. The minimum Gasteiger partial charge on any atom is -0.496 e. The Morgan fingerprint density at radius 3 is 1.67 bits per heavy atom. The lowest BCUT2D eigenvalue weighted by atomic mass is 9.84. The molecular weight excluding hydrogens is 535 g/mol. The van der Waals surface area contributed by atoms with Gasteiger partial charge < -0.3 is 40.5 Å². The Bertz CT molecular complexity index is 1070. The quantitative estimate of drug-likeness (QED) is 0.231. The average Bonchev–Trinajstić information content (AvgIpc) is 3.77. The van der Waals surface area contributed by atoms with Crippen molar-refractivity contribution in [3.63, 3.8) is 0 Å². The van der Waals surface area contributed by atoms with E-state index < -0.39 is 19.1 Å². The van der Waals surface area contributed by atoms with E-state index in [0.717, 1.165) is 37.0 Å². The van der Waals surface area contributed by atoms with Gasteiger partial charge >= 0.3 is 19.1 Å². The van der Waals surface area contributed by atoms with E-state index in [9.17, 15) is 9.59 Å². The van der Waals surface area contributed by atoms with Crippen molar-refractivity contribution in [2.24, 2.45) is 0 Å². The highest BCUT2D eigenvalue weighted by atomic mass is 79.9. The van der Waals surface area contributed by atoms with Gasteiger partial charge in [-0.15, -0.1) is 0 Å². The van der Waals surface area contributed by atoms with Crippen LogP contribution in [0.3, 0.4) is 0 Å². The molecule has 12 heteroatoms. The number of methoxy groups -OCH3 is 4. The maximum absolute atomic E-state index is 11.5. The Labute approximate surface area is 219 Å². The molecule has 2 aromatic rings. The molecular formula is C24H32BBrN2O8. The molecule has 0 saturated heterocycles. The van der Waals surface area contributed by atoms with Crippen molar-refractivity contribution in [2.45, 2.75) is 37.4 Å². The molecule has 0 radical (unpaired) electrons. The topological polar surface area (TPSA) is 164 Å². The van der Waals surface area contributed by atoms with Crippen LogP contribution < -0.4 is 20.9 Å². The fraction of sp³-hybridized carbons (Fsp3) is 0.417. The lowest BCUT2D eigenvalue weighted by Crippen LogP contribution is -2.09. The summed E-state index contributed by atoms with van der Waals surface area (Å²) >= 11 is 3.25. The van der Waals surface area contributed by atoms with Crippen molar-refractivity contribution in [1.82, 2.24) is 0 Å². The van der Waals surface area contributed by atoms with Crippen LogP contribution in [0.4, 0.5) is 11.4 Å². The Morgan fingerprint density at radius 1 is 0.833 bits per heavy atom. The normalized spacial score (nSPS) is 13.8. The highest BCUT2D eigenvalue weighted by Crippen LogP contribution is 2.45. The third-order valence-electron chi connectivity index (χ3n) is 5.60. The molecule has 0 amide bonds. The number of rotatable bonds is 6. The molecule has 2 aliphatic rings. The molecule has 10 nitrogen and oxygen atoms in total. The number of anilines is 2. The van der Waals surface area contributed by atoms with E-state index in [0.29, 0.717) is 38.6 Å². The van der Waals surface area contributed by atoms with Crippen LogP contribution in [0, 0.1) is 0 Å². The molecule has 2 aliphatic carbocycles. The summed E-state index contributed by atoms with van der Waals surface area (Å²) in [5, 5.41) is 16.5. The van der Waals surface area contributed by atoms with Crippen LogP contribution in [-0.2, 0) is 9.47 Å².